The lowest BCUT2D eigenvalue weighted by molar-refractivity contribution is -0.120. The number of amides is 1. The molecule has 2 N–H and O–H groups in total. The molecule has 0 radical (unpaired) electrons. The Labute approximate surface area is 175 Å². The quantitative estimate of drug-likeness (QED) is 0.534. The number of hydrogen-bond donors (Lipinski definition) is 2. The zero-order valence-electron chi connectivity index (χ0n) is 17.3. The summed E-state index contributed by atoms with van der Waals surface area (Å²) in [4.78, 5) is 12.5. The van der Waals surface area contributed by atoms with E-state index in [4.69, 9.17) is 18.6 Å². The van der Waals surface area contributed by atoms with Crippen molar-refractivity contribution in [2.75, 3.05) is 27.9 Å². The molecule has 3 aromatic rings. The molecule has 0 saturated carbocycles. The monoisotopic (exact) mass is 410 g/mol. The predicted molar refractivity (Wildman–Crippen MR) is 113 cm³/mol. The Morgan fingerprint density at radius 3 is 2.23 bits per heavy atom. The van der Waals surface area contributed by atoms with Crippen LogP contribution in [-0.2, 0) is 11.3 Å². The molecule has 1 aromatic heterocycles. The SMILES string of the molecule is COc1cc(CNC(=O)CN[C@@H](c2ccccc2)c2ccco2)cc(OC)c1OC. The Hall–Kier alpha value is -3.45. The van der Waals surface area contributed by atoms with E-state index in [1.165, 1.54) is 0 Å². The number of ether oxygens (including phenoxy) is 3. The fraction of sp³-hybridized carbons (Fsp3) is 0.261. The lowest BCUT2D eigenvalue weighted by Crippen LogP contribution is -2.35. The molecule has 0 saturated heterocycles. The van der Waals surface area contributed by atoms with E-state index in [1.54, 1.807) is 27.6 Å². The third-order valence-electron chi connectivity index (χ3n) is 4.64. The molecule has 0 aliphatic rings. The molecule has 0 unspecified atom stereocenters. The van der Waals surface area contributed by atoms with Gasteiger partial charge in [0.25, 0.3) is 0 Å². The maximum Gasteiger partial charge on any atom is 0.234 e. The van der Waals surface area contributed by atoms with Gasteiger partial charge in [-0.15, -0.1) is 0 Å². The first-order chi connectivity index (χ1) is 14.7. The molecule has 30 heavy (non-hydrogen) atoms. The fourth-order valence-electron chi connectivity index (χ4n) is 3.18. The van der Waals surface area contributed by atoms with E-state index in [0.717, 1.165) is 16.9 Å². The summed E-state index contributed by atoms with van der Waals surface area (Å²) < 4.78 is 21.6. The molecule has 1 atom stereocenters. The number of rotatable bonds is 10. The molecule has 0 fully saturated rings. The minimum atomic E-state index is -0.215. The first-order valence-electron chi connectivity index (χ1n) is 9.53. The maximum atomic E-state index is 12.5. The third kappa shape index (κ3) is 5.12. The van der Waals surface area contributed by atoms with E-state index < -0.39 is 0 Å². The summed E-state index contributed by atoms with van der Waals surface area (Å²) in [6, 6.07) is 17.0. The number of carbonyl (C=O) groups is 1. The minimum Gasteiger partial charge on any atom is -0.493 e. The second-order valence-electron chi connectivity index (χ2n) is 6.55. The number of furan rings is 1. The predicted octanol–water partition coefficient (Wildman–Crippen LogP) is 3.30. The van der Waals surface area contributed by atoms with Crippen molar-refractivity contribution < 1.29 is 23.4 Å². The molecule has 0 aliphatic carbocycles. The van der Waals surface area contributed by atoms with E-state index in [-0.39, 0.29) is 18.5 Å². The number of nitrogens with one attached hydrogen (secondary N) is 2. The van der Waals surface area contributed by atoms with Gasteiger partial charge in [0.15, 0.2) is 11.5 Å². The van der Waals surface area contributed by atoms with Gasteiger partial charge in [0.2, 0.25) is 11.7 Å². The van der Waals surface area contributed by atoms with Crippen LogP contribution < -0.4 is 24.8 Å². The summed E-state index contributed by atoms with van der Waals surface area (Å²) in [6.07, 6.45) is 1.62. The molecule has 0 aliphatic heterocycles. The van der Waals surface area contributed by atoms with Gasteiger partial charge in [0.05, 0.1) is 40.2 Å². The van der Waals surface area contributed by atoms with Crippen molar-refractivity contribution in [3.63, 3.8) is 0 Å². The molecule has 1 heterocycles. The second kappa shape index (κ2) is 10.4. The van der Waals surface area contributed by atoms with E-state index in [1.807, 2.05) is 54.6 Å². The number of carbonyl (C=O) groups excluding carboxylic acids is 1. The fourth-order valence-corrected chi connectivity index (χ4v) is 3.18. The van der Waals surface area contributed by atoms with Gasteiger partial charge in [0, 0.05) is 6.54 Å². The Kier molecular flexibility index (Phi) is 7.34. The van der Waals surface area contributed by atoms with Crippen molar-refractivity contribution in [1.82, 2.24) is 10.6 Å². The topological polar surface area (TPSA) is 82.0 Å². The summed E-state index contributed by atoms with van der Waals surface area (Å²) in [7, 11) is 4.67. The van der Waals surface area contributed by atoms with Gasteiger partial charge in [-0.1, -0.05) is 30.3 Å². The van der Waals surface area contributed by atoms with Crippen LogP contribution in [0.25, 0.3) is 0 Å². The van der Waals surface area contributed by atoms with E-state index >= 15 is 0 Å². The molecular weight excluding hydrogens is 384 g/mol. The number of methoxy groups -OCH3 is 3. The van der Waals surface area contributed by atoms with Crippen molar-refractivity contribution in [3.8, 4) is 17.2 Å². The molecule has 158 valence electrons. The van der Waals surface area contributed by atoms with Gasteiger partial charge in [-0.05, 0) is 35.4 Å². The van der Waals surface area contributed by atoms with Crippen LogP contribution in [0, 0.1) is 0 Å². The largest absolute Gasteiger partial charge is 0.493 e. The van der Waals surface area contributed by atoms with Crippen LogP contribution in [0.2, 0.25) is 0 Å². The molecule has 0 spiro atoms. The van der Waals surface area contributed by atoms with Gasteiger partial charge >= 0.3 is 0 Å². The normalized spacial score (nSPS) is 11.6. The van der Waals surface area contributed by atoms with Crippen molar-refractivity contribution >= 4 is 5.91 Å². The first kappa shape index (κ1) is 21.3. The van der Waals surface area contributed by atoms with Crippen LogP contribution in [0.15, 0.2) is 65.3 Å². The van der Waals surface area contributed by atoms with Gasteiger partial charge < -0.3 is 23.9 Å². The summed E-state index contributed by atoms with van der Waals surface area (Å²) in [6.45, 7) is 0.457. The zero-order chi connectivity index (χ0) is 21.3. The summed E-state index contributed by atoms with van der Waals surface area (Å²) in [5.74, 6) is 2.21. The standard InChI is InChI=1S/C23H26N2O5/c1-27-19-12-16(13-20(28-2)23(19)29-3)14-24-21(26)15-25-22(18-10-7-11-30-18)17-8-5-4-6-9-17/h4-13,22,25H,14-15H2,1-3H3,(H,24,26)/t22-/m0/s1. The van der Waals surface area contributed by atoms with Crippen molar-refractivity contribution in [2.24, 2.45) is 0 Å². The molecule has 3 rings (SSSR count). The molecule has 1 amide bonds. The molecule has 7 nitrogen and oxygen atoms in total. The molecule has 2 aromatic carbocycles. The van der Waals surface area contributed by atoms with Gasteiger partial charge in [0.1, 0.15) is 5.76 Å². The van der Waals surface area contributed by atoms with Gasteiger partial charge in [-0.2, -0.15) is 0 Å². The number of benzene rings is 2. The van der Waals surface area contributed by atoms with Crippen LogP contribution in [-0.4, -0.2) is 33.8 Å². The van der Waals surface area contributed by atoms with E-state index in [9.17, 15) is 4.79 Å². The average Bonchev–Trinajstić information content (AvgIpc) is 3.32. The zero-order valence-corrected chi connectivity index (χ0v) is 17.3. The van der Waals surface area contributed by atoms with Crippen molar-refractivity contribution in [3.05, 3.63) is 77.7 Å². The lowest BCUT2D eigenvalue weighted by atomic mass is 10.0. The highest BCUT2D eigenvalue weighted by atomic mass is 16.5. The summed E-state index contributed by atoms with van der Waals surface area (Å²) in [5, 5.41) is 6.17. The highest BCUT2D eigenvalue weighted by Gasteiger charge is 2.18. The van der Waals surface area contributed by atoms with Crippen LogP contribution in [0.3, 0.4) is 0 Å². The van der Waals surface area contributed by atoms with E-state index in [2.05, 4.69) is 10.6 Å². The van der Waals surface area contributed by atoms with Crippen LogP contribution in [0.4, 0.5) is 0 Å². The highest BCUT2D eigenvalue weighted by Crippen LogP contribution is 2.38. The highest BCUT2D eigenvalue weighted by molar-refractivity contribution is 5.78. The van der Waals surface area contributed by atoms with Crippen LogP contribution >= 0.6 is 0 Å². The van der Waals surface area contributed by atoms with Crippen molar-refractivity contribution in [2.45, 2.75) is 12.6 Å². The Bertz CT molecular complexity index is 916. The Morgan fingerprint density at radius 1 is 0.967 bits per heavy atom. The second-order valence-corrected chi connectivity index (χ2v) is 6.55. The third-order valence-corrected chi connectivity index (χ3v) is 4.64. The van der Waals surface area contributed by atoms with Crippen molar-refractivity contribution in [1.29, 1.82) is 0 Å². The number of hydrogen-bond acceptors (Lipinski definition) is 6. The summed E-state index contributed by atoms with van der Waals surface area (Å²) in [5.41, 5.74) is 1.85. The first-order valence-corrected chi connectivity index (χ1v) is 9.53. The smallest absolute Gasteiger partial charge is 0.234 e. The maximum absolute atomic E-state index is 12.5. The Balaban J connectivity index is 1.63. The molecule has 0 bridgehead atoms. The van der Waals surface area contributed by atoms with Crippen LogP contribution in [0.5, 0.6) is 17.2 Å². The summed E-state index contributed by atoms with van der Waals surface area (Å²) >= 11 is 0. The van der Waals surface area contributed by atoms with E-state index in [0.29, 0.717) is 23.8 Å². The average molecular weight is 410 g/mol. The lowest BCUT2D eigenvalue weighted by Gasteiger charge is -2.17. The van der Waals surface area contributed by atoms with Gasteiger partial charge in [-0.25, -0.2) is 0 Å². The van der Waals surface area contributed by atoms with Gasteiger partial charge in [-0.3, -0.25) is 10.1 Å². The minimum absolute atomic E-state index is 0.130. The molecular formula is C23H26N2O5. The van der Waals surface area contributed by atoms with Crippen LogP contribution in [0.1, 0.15) is 22.9 Å². The Morgan fingerprint density at radius 2 is 1.67 bits per heavy atom. The molecule has 7 heteroatoms.